The van der Waals surface area contributed by atoms with Crippen molar-refractivity contribution >= 4 is 34.6 Å². The van der Waals surface area contributed by atoms with E-state index in [9.17, 15) is 4.79 Å². The molecule has 0 N–H and O–H groups in total. The van der Waals surface area contributed by atoms with Gasteiger partial charge in [-0.2, -0.15) is 0 Å². The van der Waals surface area contributed by atoms with Crippen LogP contribution in [-0.2, 0) is 4.79 Å². The van der Waals surface area contributed by atoms with E-state index in [1.54, 1.807) is 0 Å². The van der Waals surface area contributed by atoms with Crippen LogP contribution in [0.2, 0.25) is 0 Å². The molecule has 1 aliphatic heterocycles. The van der Waals surface area contributed by atoms with E-state index in [1.807, 2.05) is 41.3 Å². The predicted octanol–water partition coefficient (Wildman–Crippen LogP) is 7.28. The maximum absolute atomic E-state index is 13.8. The van der Waals surface area contributed by atoms with Gasteiger partial charge in [-0.25, -0.2) is 4.99 Å². The molecule has 34 heavy (non-hydrogen) atoms. The summed E-state index contributed by atoms with van der Waals surface area (Å²) in [6, 6.07) is 22.7. The first-order chi connectivity index (χ1) is 16.5. The fraction of sp³-hybridized carbons (Fsp3) is 0.310. The third kappa shape index (κ3) is 4.37. The summed E-state index contributed by atoms with van der Waals surface area (Å²) in [7, 11) is 0. The number of carbonyl (C=O) groups is 1. The van der Waals surface area contributed by atoms with Crippen molar-refractivity contribution in [1.82, 2.24) is 9.47 Å². The summed E-state index contributed by atoms with van der Waals surface area (Å²) in [5.74, 6) is 0.560. The first-order valence-corrected chi connectivity index (χ1v) is 13.0. The molecule has 1 aliphatic carbocycles. The zero-order chi connectivity index (χ0) is 23.7. The lowest BCUT2D eigenvalue weighted by Crippen LogP contribution is -2.44. The molecule has 5 heteroatoms. The summed E-state index contributed by atoms with van der Waals surface area (Å²) in [5.41, 5.74) is 5.39. The van der Waals surface area contributed by atoms with E-state index in [4.69, 9.17) is 4.99 Å². The van der Waals surface area contributed by atoms with E-state index in [0.29, 0.717) is 5.92 Å². The molecule has 0 spiro atoms. The van der Waals surface area contributed by atoms with E-state index in [2.05, 4.69) is 61.7 Å². The average molecular weight is 470 g/mol. The highest BCUT2D eigenvalue weighted by molar-refractivity contribution is 8.18. The highest BCUT2D eigenvalue weighted by Crippen LogP contribution is 2.40. The maximum atomic E-state index is 13.8. The van der Waals surface area contributed by atoms with Gasteiger partial charge in [0.2, 0.25) is 0 Å². The molecule has 1 saturated carbocycles. The van der Waals surface area contributed by atoms with Crippen molar-refractivity contribution in [2.75, 3.05) is 0 Å². The lowest BCUT2D eigenvalue weighted by atomic mass is 9.85. The van der Waals surface area contributed by atoms with Crippen LogP contribution in [0.25, 0.3) is 11.8 Å². The maximum Gasteiger partial charge on any atom is 0.267 e. The third-order valence-corrected chi connectivity index (χ3v) is 7.97. The number of para-hydroxylation sites is 2. The molecule has 1 aromatic heterocycles. The minimum absolute atomic E-state index is 0.0861. The molecular formula is C29H31N3OS. The Morgan fingerprint density at radius 3 is 2.35 bits per heavy atom. The fourth-order valence-electron chi connectivity index (χ4n) is 5.20. The molecule has 174 valence electrons. The van der Waals surface area contributed by atoms with Gasteiger partial charge in [0.15, 0.2) is 5.17 Å². The quantitative estimate of drug-likeness (QED) is 0.377. The van der Waals surface area contributed by atoms with Gasteiger partial charge < -0.3 is 4.57 Å². The number of benzene rings is 2. The second-order valence-electron chi connectivity index (χ2n) is 9.34. The standard InChI is InChI=1S/C29H31N3OS/c1-20-12-10-11-17-26(20)32-28(33)27(34-29(32)30-24-13-6-4-7-14-24)19-23-18-21(2)31(22(23)3)25-15-8-5-9-16-25/h4-9,13-16,18-20,26H,10-12,17H2,1-3H3/b27-19-,30-29?/t20-,26+/m1/s1. The van der Waals surface area contributed by atoms with Crippen molar-refractivity contribution in [3.63, 3.8) is 0 Å². The van der Waals surface area contributed by atoms with E-state index in [-0.39, 0.29) is 11.9 Å². The highest BCUT2D eigenvalue weighted by Gasteiger charge is 2.41. The Hall–Kier alpha value is -3.05. The monoisotopic (exact) mass is 469 g/mol. The number of amidine groups is 1. The van der Waals surface area contributed by atoms with Gasteiger partial charge in [-0.15, -0.1) is 0 Å². The van der Waals surface area contributed by atoms with Crippen molar-refractivity contribution in [3.05, 3.63) is 88.6 Å². The fourth-order valence-corrected chi connectivity index (χ4v) is 6.24. The van der Waals surface area contributed by atoms with Crippen LogP contribution in [0.1, 0.15) is 49.6 Å². The lowest BCUT2D eigenvalue weighted by molar-refractivity contribution is -0.124. The molecule has 2 heterocycles. The number of thioether (sulfide) groups is 1. The number of aryl methyl sites for hydroxylation is 1. The van der Waals surface area contributed by atoms with Gasteiger partial charge in [0.05, 0.1) is 10.6 Å². The lowest BCUT2D eigenvalue weighted by Gasteiger charge is -2.35. The molecule has 2 atom stereocenters. The van der Waals surface area contributed by atoms with Crippen molar-refractivity contribution in [1.29, 1.82) is 0 Å². The normalized spacial score (nSPS) is 23.3. The Kier molecular flexibility index (Phi) is 6.46. The van der Waals surface area contributed by atoms with Gasteiger partial charge in [0, 0.05) is 23.1 Å². The van der Waals surface area contributed by atoms with Crippen LogP contribution in [0.5, 0.6) is 0 Å². The summed E-state index contributed by atoms with van der Waals surface area (Å²) >= 11 is 1.51. The van der Waals surface area contributed by atoms with Gasteiger partial charge >= 0.3 is 0 Å². The van der Waals surface area contributed by atoms with Gasteiger partial charge in [-0.1, -0.05) is 56.2 Å². The van der Waals surface area contributed by atoms with E-state index in [1.165, 1.54) is 24.6 Å². The number of hydrogen-bond donors (Lipinski definition) is 0. The number of nitrogens with zero attached hydrogens (tertiary/aromatic N) is 3. The van der Waals surface area contributed by atoms with Crippen LogP contribution in [0.3, 0.4) is 0 Å². The zero-order valence-electron chi connectivity index (χ0n) is 20.1. The second-order valence-corrected chi connectivity index (χ2v) is 10.4. The molecule has 2 aliphatic rings. The molecule has 0 unspecified atom stereocenters. The Bertz CT molecular complexity index is 1240. The first kappa shape index (κ1) is 22.7. The van der Waals surface area contributed by atoms with Crippen molar-refractivity contribution < 1.29 is 4.79 Å². The topological polar surface area (TPSA) is 37.6 Å². The first-order valence-electron chi connectivity index (χ1n) is 12.1. The van der Waals surface area contributed by atoms with Crippen LogP contribution in [0.4, 0.5) is 5.69 Å². The van der Waals surface area contributed by atoms with Crippen LogP contribution < -0.4 is 0 Å². The Balaban J connectivity index is 1.54. The van der Waals surface area contributed by atoms with Crippen LogP contribution in [0.15, 0.2) is 76.6 Å². The number of hydrogen-bond acceptors (Lipinski definition) is 3. The molecule has 4 nitrogen and oxygen atoms in total. The number of aromatic nitrogens is 1. The predicted molar refractivity (Wildman–Crippen MR) is 143 cm³/mol. The number of carbonyl (C=O) groups excluding carboxylic acids is 1. The van der Waals surface area contributed by atoms with Crippen molar-refractivity contribution in [2.24, 2.45) is 10.9 Å². The minimum Gasteiger partial charge on any atom is -0.318 e. The number of rotatable bonds is 4. The summed E-state index contributed by atoms with van der Waals surface area (Å²) in [6.45, 7) is 6.51. The Labute approximate surface area is 206 Å². The largest absolute Gasteiger partial charge is 0.318 e. The van der Waals surface area contributed by atoms with Crippen LogP contribution in [0, 0.1) is 19.8 Å². The summed E-state index contributed by atoms with van der Waals surface area (Å²) in [4.78, 5) is 21.4. The van der Waals surface area contributed by atoms with E-state index in [0.717, 1.165) is 51.2 Å². The minimum atomic E-state index is 0.0861. The molecule has 1 amide bonds. The molecule has 5 rings (SSSR count). The Morgan fingerprint density at radius 1 is 0.971 bits per heavy atom. The Morgan fingerprint density at radius 2 is 1.65 bits per heavy atom. The molecule has 2 fully saturated rings. The summed E-state index contributed by atoms with van der Waals surface area (Å²) < 4.78 is 2.25. The second kappa shape index (κ2) is 9.67. The molecule has 0 bridgehead atoms. The van der Waals surface area contributed by atoms with Gasteiger partial charge in [-0.05, 0) is 86.3 Å². The van der Waals surface area contributed by atoms with E-state index < -0.39 is 0 Å². The molecular weight excluding hydrogens is 438 g/mol. The zero-order valence-corrected chi connectivity index (χ0v) is 20.9. The van der Waals surface area contributed by atoms with Crippen molar-refractivity contribution in [2.45, 2.75) is 52.5 Å². The molecule has 0 radical (unpaired) electrons. The smallest absolute Gasteiger partial charge is 0.267 e. The summed E-state index contributed by atoms with van der Waals surface area (Å²) in [6.07, 6.45) is 6.67. The molecule has 1 saturated heterocycles. The van der Waals surface area contributed by atoms with Gasteiger partial charge in [-0.3, -0.25) is 9.69 Å². The third-order valence-electron chi connectivity index (χ3n) is 6.99. The van der Waals surface area contributed by atoms with Crippen LogP contribution in [-0.4, -0.2) is 26.6 Å². The van der Waals surface area contributed by atoms with E-state index >= 15 is 0 Å². The highest BCUT2D eigenvalue weighted by atomic mass is 32.2. The SMILES string of the molecule is Cc1cc(/C=C2\SC(=Nc3ccccc3)N([C@H]3CCCC[C@H]3C)C2=O)c(C)n1-c1ccccc1. The van der Waals surface area contributed by atoms with Gasteiger partial charge in [0.1, 0.15) is 0 Å². The van der Waals surface area contributed by atoms with Crippen LogP contribution >= 0.6 is 11.8 Å². The van der Waals surface area contributed by atoms with Crippen molar-refractivity contribution in [3.8, 4) is 5.69 Å². The molecule has 2 aromatic carbocycles. The average Bonchev–Trinajstić information content (AvgIpc) is 3.30. The molecule has 3 aromatic rings. The van der Waals surface area contributed by atoms with Gasteiger partial charge in [0.25, 0.3) is 5.91 Å². The summed E-state index contributed by atoms with van der Waals surface area (Å²) in [5, 5.41) is 0.804. The number of aliphatic imine (C=N–C) groups is 1. The number of amides is 1.